The zero-order valence-corrected chi connectivity index (χ0v) is 15.4. The molecular weight excluding hydrogens is 366 g/mol. The Bertz CT molecular complexity index is 697. The molecule has 2 aromatic carbocycles. The van der Waals surface area contributed by atoms with E-state index in [0.717, 1.165) is 40.7 Å². The van der Waals surface area contributed by atoms with Gasteiger partial charge in [0.25, 0.3) is 0 Å². The molecule has 1 aliphatic rings. The van der Waals surface area contributed by atoms with Crippen molar-refractivity contribution >= 4 is 27.4 Å². The van der Waals surface area contributed by atoms with Crippen LogP contribution in [0.1, 0.15) is 31.2 Å². The van der Waals surface area contributed by atoms with Crippen molar-refractivity contribution in [2.24, 2.45) is 0 Å². The highest BCUT2D eigenvalue weighted by Crippen LogP contribution is 2.33. The summed E-state index contributed by atoms with van der Waals surface area (Å²) < 4.78 is 6.26. The van der Waals surface area contributed by atoms with Crippen molar-refractivity contribution in [3.63, 3.8) is 0 Å². The summed E-state index contributed by atoms with van der Waals surface area (Å²) in [6.07, 6.45) is 4.29. The van der Waals surface area contributed by atoms with Crippen LogP contribution in [0.15, 0.2) is 53.0 Å². The van der Waals surface area contributed by atoms with E-state index in [1.54, 1.807) is 7.11 Å². The van der Waals surface area contributed by atoms with Crippen LogP contribution in [0, 0.1) is 0 Å². The summed E-state index contributed by atoms with van der Waals surface area (Å²) in [5.74, 6) is 1.15. The molecule has 0 aliphatic heterocycles. The Kier molecular flexibility index (Phi) is 5.24. The molecule has 2 aromatic rings. The third kappa shape index (κ3) is 3.81. The molecule has 0 aromatic heterocycles. The molecule has 24 heavy (non-hydrogen) atoms. The van der Waals surface area contributed by atoms with Crippen LogP contribution in [0.3, 0.4) is 0 Å². The second-order valence-corrected chi connectivity index (χ2v) is 7.28. The molecule has 3 nitrogen and oxygen atoms in total. The van der Waals surface area contributed by atoms with Gasteiger partial charge in [-0.2, -0.15) is 0 Å². The van der Waals surface area contributed by atoms with E-state index in [1.807, 2.05) is 48.5 Å². The van der Waals surface area contributed by atoms with E-state index in [0.29, 0.717) is 18.6 Å². The summed E-state index contributed by atoms with van der Waals surface area (Å²) >= 11 is 3.46. The number of ketones is 1. The smallest absolute Gasteiger partial charge is 0.158 e. The molecule has 0 amide bonds. The average Bonchev–Trinajstić information content (AvgIpc) is 2.60. The number of carbonyl (C=O) groups is 1. The van der Waals surface area contributed by atoms with Crippen molar-refractivity contribution in [1.82, 2.24) is 0 Å². The molecule has 3 rings (SSSR count). The zero-order valence-electron chi connectivity index (χ0n) is 13.8. The first-order chi connectivity index (χ1) is 11.6. The molecule has 0 radical (unpaired) electrons. The number of Topliss-reactive ketones (excluding diaryl/α,β-unsaturated/α-hetero) is 1. The van der Waals surface area contributed by atoms with Gasteiger partial charge in [0.2, 0.25) is 0 Å². The van der Waals surface area contributed by atoms with Gasteiger partial charge in [0.15, 0.2) is 5.78 Å². The second-order valence-electron chi connectivity index (χ2n) is 6.37. The number of halogens is 1. The van der Waals surface area contributed by atoms with E-state index in [9.17, 15) is 4.79 Å². The van der Waals surface area contributed by atoms with Crippen LogP contribution < -0.4 is 10.1 Å². The lowest BCUT2D eigenvalue weighted by Crippen LogP contribution is -2.50. The normalized spacial score (nSPS) is 20.7. The van der Waals surface area contributed by atoms with Gasteiger partial charge in [0.1, 0.15) is 11.3 Å². The molecular formula is C20H22BrNO2. The molecule has 0 spiro atoms. The van der Waals surface area contributed by atoms with Crippen LogP contribution in [0.25, 0.3) is 0 Å². The molecule has 1 unspecified atom stereocenters. The first-order valence-electron chi connectivity index (χ1n) is 8.31. The summed E-state index contributed by atoms with van der Waals surface area (Å²) in [5.41, 5.74) is 1.62. The molecule has 0 saturated heterocycles. The molecule has 0 heterocycles. The minimum absolute atomic E-state index is 0.312. The highest BCUT2D eigenvalue weighted by Gasteiger charge is 2.39. The Morgan fingerprint density at radius 2 is 1.79 bits per heavy atom. The monoisotopic (exact) mass is 387 g/mol. The fourth-order valence-corrected chi connectivity index (χ4v) is 3.62. The minimum atomic E-state index is -0.513. The van der Waals surface area contributed by atoms with Crippen LogP contribution in [-0.4, -0.2) is 18.4 Å². The van der Waals surface area contributed by atoms with Gasteiger partial charge in [-0.05, 0) is 54.8 Å². The van der Waals surface area contributed by atoms with E-state index in [2.05, 4.69) is 21.2 Å². The Morgan fingerprint density at radius 3 is 2.42 bits per heavy atom. The maximum atomic E-state index is 12.8. The van der Waals surface area contributed by atoms with Crippen molar-refractivity contribution in [3.8, 4) is 5.75 Å². The fourth-order valence-electron chi connectivity index (χ4n) is 3.36. The van der Waals surface area contributed by atoms with Crippen molar-refractivity contribution in [3.05, 3.63) is 58.6 Å². The van der Waals surface area contributed by atoms with E-state index in [1.165, 1.54) is 0 Å². The van der Waals surface area contributed by atoms with Crippen LogP contribution in [0.5, 0.6) is 5.75 Å². The number of hydrogen-bond acceptors (Lipinski definition) is 3. The first kappa shape index (κ1) is 17.0. The van der Waals surface area contributed by atoms with Gasteiger partial charge in [-0.25, -0.2) is 0 Å². The molecule has 1 atom stereocenters. The van der Waals surface area contributed by atoms with Crippen LogP contribution in [0.4, 0.5) is 5.69 Å². The number of nitrogens with one attached hydrogen (secondary N) is 1. The van der Waals surface area contributed by atoms with Gasteiger partial charge in [0, 0.05) is 23.0 Å². The van der Waals surface area contributed by atoms with Gasteiger partial charge in [0.05, 0.1) is 7.11 Å². The number of carbonyl (C=O) groups excluding carboxylic acids is 1. The van der Waals surface area contributed by atoms with Crippen molar-refractivity contribution in [2.45, 2.75) is 37.6 Å². The summed E-state index contributed by atoms with van der Waals surface area (Å²) in [6, 6.07) is 16.0. The average molecular weight is 388 g/mol. The predicted octanol–water partition coefficient (Wildman–Crippen LogP) is 4.99. The van der Waals surface area contributed by atoms with Gasteiger partial charge in [-0.3, -0.25) is 4.79 Å². The largest absolute Gasteiger partial charge is 0.497 e. The number of hydrogen-bond donors (Lipinski definition) is 1. The lowest BCUT2D eigenvalue weighted by Gasteiger charge is -2.37. The van der Waals surface area contributed by atoms with E-state index < -0.39 is 5.54 Å². The van der Waals surface area contributed by atoms with E-state index in [4.69, 9.17) is 4.74 Å². The summed E-state index contributed by atoms with van der Waals surface area (Å²) in [4.78, 5) is 12.8. The van der Waals surface area contributed by atoms with Gasteiger partial charge in [-0.15, -0.1) is 0 Å². The van der Waals surface area contributed by atoms with Crippen LogP contribution in [0.2, 0.25) is 0 Å². The van der Waals surface area contributed by atoms with Gasteiger partial charge in [-0.1, -0.05) is 34.5 Å². The quantitative estimate of drug-likeness (QED) is 0.784. The van der Waals surface area contributed by atoms with Crippen molar-refractivity contribution in [2.75, 3.05) is 12.4 Å². The molecule has 1 aliphatic carbocycles. The lowest BCUT2D eigenvalue weighted by atomic mass is 9.76. The third-order valence-electron chi connectivity index (χ3n) is 4.68. The first-order valence-corrected chi connectivity index (χ1v) is 9.11. The summed E-state index contributed by atoms with van der Waals surface area (Å²) in [5, 5.41) is 3.55. The molecule has 1 N–H and O–H groups in total. The topological polar surface area (TPSA) is 38.3 Å². The Morgan fingerprint density at radius 1 is 1.08 bits per heavy atom. The number of benzene rings is 2. The molecule has 126 valence electrons. The fraction of sp³-hybridized carbons (Fsp3) is 0.350. The molecule has 0 bridgehead atoms. The van der Waals surface area contributed by atoms with E-state index >= 15 is 0 Å². The number of methoxy groups -OCH3 is 1. The van der Waals surface area contributed by atoms with Gasteiger partial charge >= 0.3 is 0 Å². The lowest BCUT2D eigenvalue weighted by molar-refractivity contribution is -0.125. The Balaban J connectivity index is 1.86. The maximum absolute atomic E-state index is 12.8. The zero-order chi connectivity index (χ0) is 17.0. The van der Waals surface area contributed by atoms with Crippen LogP contribution >= 0.6 is 15.9 Å². The van der Waals surface area contributed by atoms with Crippen molar-refractivity contribution in [1.29, 1.82) is 0 Å². The minimum Gasteiger partial charge on any atom is -0.497 e. The SMILES string of the molecule is COc1ccc(CC2(Nc3ccc(Br)cc3)CCCCC2=O)cc1. The second kappa shape index (κ2) is 7.39. The van der Waals surface area contributed by atoms with Gasteiger partial charge < -0.3 is 10.1 Å². The summed E-state index contributed by atoms with van der Waals surface area (Å²) in [6.45, 7) is 0. The Hall–Kier alpha value is -1.81. The van der Waals surface area contributed by atoms with Crippen LogP contribution in [-0.2, 0) is 11.2 Å². The molecule has 4 heteroatoms. The standard InChI is InChI=1S/C20H22BrNO2/c1-24-18-11-5-15(6-12-18)14-20(13-3-2-4-19(20)23)22-17-9-7-16(21)8-10-17/h5-12,22H,2-4,13-14H2,1H3. The third-order valence-corrected chi connectivity index (χ3v) is 5.21. The van der Waals surface area contributed by atoms with Crippen molar-refractivity contribution < 1.29 is 9.53 Å². The Labute approximate surface area is 151 Å². The highest BCUT2D eigenvalue weighted by atomic mass is 79.9. The highest BCUT2D eigenvalue weighted by molar-refractivity contribution is 9.10. The maximum Gasteiger partial charge on any atom is 0.158 e. The predicted molar refractivity (Wildman–Crippen MR) is 101 cm³/mol. The molecule has 1 saturated carbocycles. The number of rotatable bonds is 5. The van der Waals surface area contributed by atoms with E-state index in [-0.39, 0.29) is 0 Å². The number of ether oxygens (including phenoxy) is 1. The summed E-state index contributed by atoms with van der Waals surface area (Å²) in [7, 11) is 1.66. The number of anilines is 1. The molecule has 1 fully saturated rings.